The SMILES string of the molecule is COc1ncc(Cc2ccc(=O)[nH]c2C)cc1-c1cccc(Cl)c1. The van der Waals surface area contributed by atoms with Gasteiger partial charge in [0.15, 0.2) is 0 Å². The van der Waals surface area contributed by atoms with Crippen LogP contribution in [0.25, 0.3) is 11.1 Å². The molecule has 1 aromatic carbocycles. The first-order valence-corrected chi connectivity index (χ1v) is 7.92. The van der Waals surface area contributed by atoms with Crippen molar-refractivity contribution < 1.29 is 4.74 Å². The second kappa shape index (κ2) is 6.89. The zero-order chi connectivity index (χ0) is 17.1. The highest BCUT2D eigenvalue weighted by Gasteiger charge is 2.10. The molecule has 2 heterocycles. The summed E-state index contributed by atoms with van der Waals surface area (Å²) in [7, 11) is 1.60. The van der Waals surface area contributed by atoms with Gasteiger partial charge in [0.2, 0.25) is 11.4 Å². The van der Waals surface area contributed by atoms with Gasteiger partial charge in [-0.3, -0.25) is 4.79 Å². The first-order valence-electron chi connectivity index (χ1n) is 7.54. The third kappa shape index (κ3) is 3.49. The van der Waals surface area contributed by atoms with Gasteiger partial charge in [0.1, 0.15) is 0 Å². The number of rotatable bonds is 4. The van der Waals surface area contributed by atoms with Crippen molar-refractivity contribution in [3.8, 4) is 17.0 Å². The monoisotopic (exact) mass is 340 g/mol. The van der Waals surface area contributed by atoms with Crippen molar-refractivity contribution in [2.75, 3.05) is 7.11 Å². The number of nitrogens with one attached hydrogen (secondary N) is 1. The van der Waals surface area contributed by atoms with Crippen LogP contribution in [0.1, 0.15) is 16.8 Å². The van der Waals surface area contributed by atoms with Crippen LogP contribution in [0.5, 0.6) is 5.88 Å². The van der Waals surface area contributed by atoms with Gasteiger partial charge in [-0.1, -0.05) is 29.8 Å². The second-order valence-electron chi connectivity index (χ2n) is 5.56. The third-order valence-corrected chi connectivity index (χ3v) is 4.09. The summed E-state index contributed by atoms with van der Waals surface area (Å²) in [6, 6.07) is 13.0. The first-order chi connectivity index (χ1) is 11.6. The number of hydrogen-bond acceptors (Lipinski definition) is 3. The molecule has 2 aromatic heterocycles. The molecule has 0 amide bonds. The Labute approximate surface area is 145 Å². The lowest BCUT2D eigenvalue weighted by Gasteiger charge is -2.11. The Kier molecular flexibility index (Phi) is 4.67. The minimum Gasteiger partial charge on any atom is -0.481 e. The second-order valence-corrected chi connectivity index (χ2v) is 6.00. The molecular weight excluding hydrogens is 324 g/mol. The van der Waals surface area contributed by atoms with Gasteiger partial charge < -0.3 is 9.72 Å². The Morgan fingerprint density at radius 1 is 1.21 bits per heavy atom. The topological polar surface area (TPSA) is 55.0 Å². The number of ether oxygens (including phenoxy) is 1. The maximum atomic E-state index is 11.4. The number of halogens is 1. The summed E-state index contributed by atoms with van der Waals surface area (Å²) in [5, 5.41) is 0.663. The van der Waals surface area contributed by atoms with Crippen LogP contribution in [0.3, 0.4) is 0 Å². The Morgan fingerprint density at radius 2 is 2.04 bits per heavy atom. The molecule has 0 fully saturated rings. The van der Waals surface area contributed by atoms with Crippen LogP contribution >= 0.6 is 11.6 Å². The highest BCUT2D eigenvalue weighted by atomic mass is 35.5. The van der Waals surface area contributed by atoms with E-state index >= 15 is 0 Å². The first kappa shape index (κ1) is 16.3. The van der Waals surface area contributed by atoms with Gasteiger partial charge in [-0.25, -0.2) is 4.98 Å². The number of H-pyrrole nitrogens is 1. The smallest absolute Gasteiger partial charge is 0.248 e. The molecule has 0 bridgehead atoms. The third-order valence-electron chi connectivity index (χ3n) is 3.86. The summed E-state index contributed by atoms with van der Waals surface area (Å²) in [6.45, 7) is 1.89. The van der Waals surface area contributed by atoms with Crippen LogP contribution in [0.4, 0.5) is 0 Å². The van der Waals surface area contributed by atoms with Gasteiger partial charge >= 0.3 is 0 Å². The van der Waals surface area contributed by atoms with Gasteiger partial charge in [0.05, 0.1) is 7.11 Å². The van der Waals surface area contributed by atoms with Gasteiger partial charge in [-0.15, -0.1) is 0 Å². The zero-order valence-electron chi connectivity index (χ0n) is 13.5. The molecule has 3 aromatic rings. The molecule has 0 unspecified atom stereocenters. The van der Waals surface area contributed by atoms with Gasteiger partial charge in [-0.05, 0) is 41.8 Å². The summed E-state index contributed by atoms with van der Waals surface area (Å²) < 4.78 is 5.38. The van der Waals surface area contributed by atoms with Crippen molar-refractivity contribution in [2.24, 2.45) is 0 Å². The fraction of sp³-hybridized carbons (Fsp3) is 0.158. The van der Waals surface area contributed by atoms with E-state index in [0.29, 0.717) is 17.3 Å². The molecule has 3 rings (SSSR count). The molecule has 0 spiro atoms. The van der Waals surface area contributed by atoms with E-state index in [2.05, 4.69) is 9.97 Å². The van der Waals surface area contributed by atoms with E-state index in [9.17, 15) is 4.79 Å². The standard InChI is InChI=1S/C19H17ClN2O2/c1-12-14(6-7-18(23)22-12)8-13-9-17(19(24-2)21-11-13)15-4-3-5-16(20)10-15/h3-7,9-11H,8H2,1-2H3,(H,22,23). The van der Waals surface area contributed by atoms with E-state index in [1.165, 1.54) is 6.07 Å². The molecule has 0 saturated carbocycles. The molecule has 0 radical (unpaired) electrons. The molecule has 24 heavy (non-hydrogen) atoms. The Morgan fingerprint density at radius 3 is 2.75 bits per heavy atom. The summed E-state index contributed by atoms with van der Waals surface area (Å²) in [5.41, 5.74) is 4.69. The number of aromatic amines is 1. The summed E-state index contributed by atoms with van der Waals surface area (Å²) >= 11 is 6.10. The van der Waals surface area contributed by atoms with Crippen LogP contribution in [0, 0.1) is 6.92 Å². The van der Waals surface area contributed by atoms with Crippen LogP contribution < -0.4 is 10.3 Å². The summed E-state index contributed by atoms with van der Waals surface area (Å²) in [6.07, 6.45) is 2.46. The van der Waals surface area contributed by atoms with Crippen LogP contribution in [0.2, 0.25) is 5.02 Å². The average Bonchev–Trinajstić information content (AvgIpc) is 2.57. The van der Waals surface area contributed by atoms with Crippen molar-refractivity contribution in [3.05, 3.63) is 80.9 Å². The molecule has 4 nitrogen and oxygen atoms in total. The van der Waals surface area contributed by atoms with Crippen molar-refractivity contribution in [2.45, 2.75) is 13.3 Å². The van der Waals surface area contributed by atoms with Gasteiger partial charge in [0.25, 0.3) is 0 Å². The molecule has 0 aliphatic carbocycles. The Balaban J connectivity index is 2.01. The van der Waals surface area contributed by atoms with E-state index in [1.807, 2.05) is 43.3 Å². The molecule has 0 aliphatic rings. The normalized spacial score (nSPS) is 10.6. The van der Waals surface area contributed by atoms with E-state index in [0.717, 1.165) is 27.9 Å². The number of nitrogens with zero attached hydrogens (tertiary/aromatic N) is 1. The van der Waals surface area contributed by atoms with Crippen molar-refractivity contribution in [3.63, 3.8) is 0 Å². The fourth-order valence-corrected chi connectivity index (χ4v) is 2.83. The van der Waals surface area contributed by atoms with E-state index in [4.69, 9.17) is 16.3 Å². The average molecular weight is 341 g/mol. The molecule has 0 atom stereocenters. The van der Waals surface area contributed by atoms with Crippen LogP contribution in [-0.2, 0) is 6.42 Å². The van der Waals surface area contributed by atoms with E-state index in [1.54, 1.807) is 13.3 Å². The van der Waals surface area contributed by atoms with Gasteiger partial charge in [-0.2, -0.15) is 0 Å². The highest BCUT2D eigenvalue weighted by molar-refractivity contribution is 6.30. The summed E-state index contributed by atoms with van der Waals surface area (Å²) in [4.78, 5) is 18.6. The molecule has 0 saturated heterocycles. The molecule has 122 valence electrons. The number of benzene rings is 1. The highest BCUT2D eigenvalue weighted by Crippen LogP contribution is 2.31. The maximum Gasteiger partial charge on any atom is 0.248 e. The lowest BCUT2D eigenvalue weighted by atomic mass is 10.0. The van der Waals surface area contributed by atoms with Crippen LogP contribution in [0.15, 0.2) is 53.5 Å². The maximum absolute atomic E-state index is 11.4. The lowest BCUT2D eigenvalue weighted by Crippen LogP contribution is -2.08. The lowest BCUT2D eigenvalue weighted by molar-refractivity contribution is 0.399. The quantitative estimate of drug-likeness (QED) is 0.781. The number of methoxy groups -OCH3 is 1. The van der Waals surface area contributed by atoms with Crippen molar-refractivity contribution in [1.82, 2.24) is 9.97 Å². The van der Waals surface area contributed by atoms with E-state index < -0.39 is 0 Å². The Bertz CT molecular complexity index is 935. The predicted molar refractivity (Wildman–Crippen MR) is 95.8 cm³/mol. The minimum atomic E-state index is -0.0938. The number of pyridine rings is 2. The minimum absolute atomic E-state index is 0.0938. The Hall–Kier alpha value is -2.59. The molecule has 0 aliphatic heterocycles. The van der Waals surface area contributed by atoms with Crippen LogP contribution in [-0.4, -0.2) is 17.1 Å². The molecule has 1 N–H and O–H groups in total. The van der Waals surface area contributed by atoms with Gasteiger partial charge in [0, 0.05) is 35.0 Å². The predicted octanol–water partition coefficient (Wildman–Crippen LogP) is 4.00. The zero-order valence-corrected chi connectivity index (χ0v) is 14.2. The van der Waals surface area contributed by atoms with Crippen molar-refractivity contribution >= 4 is 11.6 Å². The number of hydrogen-bond donors (Lipinski definition) is 1. The molecular formula is C19H17ClN2O2. The van der Waals surface area contributed by atoms with E-state index in [-0.39, 0.29) is 5.56 Å². The number of aryl methyl sites for hydroxylation is 1. The number of aromatic nitrogens is 2. The van der Waals surface area contributed by atoms with Crippen molar-refractivity contribution in [1.29, 1.82) is 0 Å². The largest absolute Gasteiger partial charge is 0.481 e. The summed E-state index contributed by atoms with van der Waals surface area (Å²) in [5.74, 6) is 0.555. The molecule has 5 heteroatoms. The fourth-order valence-electron chi connectivity index (χ4n) is 2.64.